The molecule has 1 amide bonds. The van der Waals surface area contributed by atoms with E-state index in [1.807, 2.05) is 42.2 Å². The molecular formula is C23H28N6O3. The number of anilines is 1. The van der Waals surface area contributed by atoms with Gasteiger partial charge in [0.05, 0.1) is 18.8 Å². The molecule has 0 saturated carbocycles. The summed E-state index contributed by atoms with van der Waals surface area (Å²) in [5.74, 6) is 1.76. The van der Waals surface area contributed by atoms with E-state index >= 15 is 0 Å². The van der Waals surface area contributed by atoms with E-state index in [2.05, 4.69) is 15.1 Å². The minimum absolute atomic E-state index is 0.0794. The number of rotatable bonds is 7. The van der Waals surface area contributed by atoms with Crippen molar-refractivity contribution in [2.75, 3.05) is 32.6 Å². The summed E-state index contributed by atoms with van der Waals surface area (Å²) in [5, 5.41) is 3.81. The third-order valence-corrected chi connectivity index (χ3v) is 5.67. The topological polar surface area (TPSA) is 97.5 Å². The Hall–Kier alpha value is -3.49. The Morgan fingerprint density at radius 3 is 2.81 bits per heavy atom. The van der Waals surface area contributed by atoms with Crippen LogP contribution in [0.25, 0.3) is 11.1 Å². The number of methoxy groups -OCH3 is 1. The minimum atomic E-state index is -0.106. The molecule has 0 radical (unpaired) electrons. The van der Waals surface area contributed by atoms with Crippen LogP contribution in [-0.4, -0.2) is 58.7 Å². The van der Waals surface area contributed by atoms with Gasteiger partial charge < -0.3 is 19.1 Å². The molecule has 0 spiro atoms. The smallest absolute Gasteiger partial charge is 0.254 e. The van der Waals surface area contributed by atoms with Gasteiger partial charge in [-0.3, -0.25) is 9.78 Å². The zero-order chi connectivity index (χ0) is 22.5. The standard InChI is InChI=1S/C23H28N6O3/c1-28(2)23-25-15-18(16-9-11-24-12-10-16)22(26-23)19-6-4-5-13-29(19)21(30)8-7-17-14-20(31-3)27-32-17/h9-12,14-15,19H,4-8,13H2,1-3H3/t19-/m1/s1. The van der Waals surface area contributed by atoms with Crippen molar-refractivity contribution in [3.63, 3.8) is 0 Å². The lowest BCUT2D eigenvalue weighted by Crippen LogP contribution is -2.39. The SMILES string of the molecule is COc1cc(CCC(=O)N2CCCC[C@@H]2c2nc(N(C)C)ncc2-c2ccncc2)on1. The van der Waals surface area contributed by atoms with Crippen molar-refractivity contribution in [3.05, 3.63) is 48.2 Å². The van der Waals surface area contributed by atoms with Crippen molar-refractivity contribution in [1.82, 2.24) is 25.0 Å². The highest BCUT2D eigenvalue weighted by atomic mass is 16.5. The maximum absolute atomic E-state index is 13.3. The number of amides is 1. The average Bonchev–Trinajstić information content (AvgIpc) is 3.31. The molecule has 4 rings (SSSR count). The van der Waals surface area contributed by atoms with Crippen LogP contribution in [0.15, 0.2) is 41.3 Å². The number of hydrogen-bond donors (Lipinski definition) is 0. The molecule has 0 aliphatic carbocycles. The van der Waals surface area contributed by atoms with Crippen LogP contribution < -0.4 is 9.64 Å². The lowest BCUT2D eigenvalue weighted by molar-refractivity contribution is -0.135. The molecule has 9 nitrogen and oxygen atoms in total. The van der Waals surface area contributed by atoms with Gasteiger partial charge in [0, 0.05) is 63.7 Å². The van der Waals surface area contributed by atoms with Crippen LogP contribution in [-0.2, 0) is 11.2 Å². The summed E-state index contributed by atoms with van der Waals surface area (Å²) in [7, 11) is 5.37. The largest absolute Gasteiger partial charge is 0.479 e. The molecule has 3 aromatic heterocycles. The first kappa shape index (κ1) is 21.7. The van der Waals surface area contributed by atoms with Crippen molar-refractivity contribution in [2.45, 2.75) is 38.1 Å². The van der Waals surface area contributed by atoms with Gasteiger partial charge in [0.15, 0.2) is 0 Å². The fourth-order valence-corrected chi connectivity index (χ4v) is 4.00. The lowest BCUT2D eigenvalue weighted by atomic mass is 9.93. The number of piperidine rings is 1. The summed E-state index contributed by atoms with van der Waals surface area (Å²) < 4.78 is 10.3. The minimum Gasteiger partial charge on any atom is -0.479 e. The van der Waals surface area contributed by atoms with Crippen LogP contribution in [0.4, 0.5) is 5.95 Å². The second kappa shape index (κ2) is 9.76. The number of nitrogens with zero attached hydrogens (tertiary/aromatic N) is 6. The molecule has 32 heavy (non-hydrogen) atoms. The average molecular weight is 437 g/mol. The van der Waals surface area contributed by atoms with Crippen molar-refractivity contribution < 1.29 is 14.1 Å². The fraction of sp³-hybridized carbons (Fsp3) is 0.435. The number of carbonyl (C=O) groups excluding carboxylic acids is 1. The Bertz CT molecular complexity index is 1050. The number of aryl methyl sites for hydroxylation is 1. The molecule has 3 aromatic rings. The third kappa shape index (κ3) is 4.71. The number of carbonyl (C=O) groups is 1. The highest BCUT2D eigenvalue weighted by Gasteiger charge is 2.31. The monoisotopic (exact) mass is 436 g/mol. The van der Waals surface area contributed by atoms with Gasteiger partial charge in [0.1, 0.15) is 5.76 Å². The van der Waals surface area contributed by atoms with Crippen LogP contribution in [0, 0.1) is 0 Å². The van der Waals surface area contributed by atoms with Gasteiger partial charge in [-0.15, -0.1) is 0 Å². The van der Waals surface area contributed by atoms with Gasteiger partial charge in [-0.05, 0) is 42.1 Å². The van der Waals surface area contributed by atoms with Crippen LogP contribution in [0.2, 0.25) is 0 Å². The van der Waals surface area contributed by atoms with Crippen LogP contribution in [0.3, 0.4) is 0 Å². The molecule has 1 fully saturated rings. The van der Waals surface area contributed by atoms with Gasteiger partial charge in [-0.25, -0.2) is 9.97 Å². The molecule has 9 heteroatoms. The van der Waals surface area contributed by atoms with Gasteiger partial charge in [-0.2, -0.15) is 0 Å². The van der Waals surface area contributed by atoms with Gasteiger partial charge in [0.25, 0.3) is 5.88 Å². The quantitative estimate of drug-likeness (QED) is 0.557. The van der Waals surface area contributed by atoms with E-state index in [-0.39, 0.29) is 11.9 Å². The Morgan fingerprint density at radius 1 is 1.28 bits per heavy atom. The Morgan fingerprint density at radius 2 is 2.09 bits per heavy atom. The first-order chi connectivity index (χ1) is 15.6. The molecule has 1 aliphatic heterocycles. The van der Waals surface area contributed by atoms with E-state index in [9.17, 15) is 4.79 Å². The summed E-state index contributed by atoms with van der Waals surface area (Å²) in [6.45, 7) is 0.709. The molecule has 1 saturated heterocycles. The number of hydrogen-bond acceptors (Lipinski definition) is 8. The van der Waals surface area contributed by atoms with Crippen LogP contribution in [0.1, 0.15) is 43.2 Å². The zero-order valence-electron chi connectivity index (χ0n) is 18.7. The Labute approximate surface area is 187 Å². The van der Waals surface area contributed by atoms with E-state index in [1.54, 1.807) is 18.5 Å². The second-order valence-electron chi connectivity index (χ2n) is 8.03. The zero-order valence-corrected chi connectivity index (χ0v) is 18.7. The first-order valence-electron chi connectivity index (χ1n) is 10.8. The molecule has 1 atom stereocenters. The van der Waals surface area contributed by atoms with Crippen LogP contribution in [0.5, 0.6) is 5.88 Å². The number of likely N-dealkylation sites (tertiary alicyclic amines) is 1. The molecule has 0 N–H and O–H groups in total. The van der Waals surface area contributed by atoms with E-state index in [0.717, 1.165) is 36.1 Å². The molecule has 4 heterocycles. The highest BCUT2D eigenvalue weighted by Crippen LogP contribution is 2.36. The lowest BCUT2D eigenvalue weighted by Gasteiger charge is -2.36. The van der Waals surface area contributed by atoms with E-state index < -0.39 is 0 Å². The third-order valence-electron chi connectivity index (χ3n) is 5.67. The number of ether oxygens (including phenoxy) is 1. The van der Waals surface area contributed by atoms with Crippen molar-refractivity contribution in [1.29, 1.82) is 0 Å². The normalized spacial score (nSPS) is 16.1. The van der Waals surface area contributed by atoms with Gasteiger partial charge >= 0.3 is 0 Å². The predicted octanol–water partition coefficient (Wildman–Crippen LogP) is 3.29. The summed E-state index contributed by atoms with van der Waals surface area (Å²) in [6, 6.07) is 5.51. The maximum atomic E-state index is 13.3. The highest BCUT2D eigenvalue weighted by molar-refractivity contribution is 5.78. The summed E-state index contributed by atoms with van der Waals surface area (Å²) in [5.41, 5.74) is 2.80. The molecular weight excluding hydrogens is 408 g/mol. The van der Waals surface area contributed by atoms with Crippen LogP contribution >= 0.6 is 0 Å². The van der Waals surface area contributed by atoms with Crippen molar-refractivity contribution in [3.8, 4) is 17.0 Å². The molecule has 0 unspecified atom stereocenters. The van der Waals surface area contributed by atoms with E-state index in [1.165, 1.54) is 7.11 Å². The number of aromatic nitrogens is 4. The molecule has 168 valence electrons. The maximum Gasteiger partial charge on any atom is 0.254 e. The predicted molar refractivity (Wildman–Crippen MR) is 119 cm³/mol. The van der Waals surface area contributed by atoms with Crippen molar-refractivity contribution in [2.24, 2.45) is 0 Å². The van der Waals surface area contributed by atoms with Gasteiger partial charge in [-0.1, -0.05) is 0 Å². The van der Waals surface area contributed by atoms with Gasteiger partial charge in [0.2, 0.25) is 11.9 Å². The summed E-state index contributed by atoms with van der Waals surface area (Å²) in [6.07, 6.45) is 9.07. The first-order valence-corrected chi connectivity index (χ1v) is 10.8. The van der Waals surface area contributed by atoms with E-state index in [4.69, 9.17) is 14.2 Å². The molecule has 0 bridgehead atoms. The van der Waals surface area contributed by atoms with Crippen molar-refractivity contribution >= 4 is 11.9 Å². The summed E-state index contributed by atoms with van der Waals surface area (Å²) >= 11 is 0. The Kier molecular flexibility index (Phi) is 6.63. The van der Waals surface area contributed by atoms with E-state index in [0.29, 0.717) is 37.0 Å². The fourth-order valence-electron chi connectivity index (χ4n) is 4.00. The Balaban J connectivity index is 1.62. The molecule has 1 aliphatic rings. The number of pyridine rings is 1. The summed E-state index contributed by atoms with van der Waals surface area (Å²) in [4.78, 5) is 30.7. The molecule has 0 aromatic carbocycles. The second-order valence-corrected chi connectivity index (χ2v) is 8.03.